The average Bonchev–Trinajstić information content (AvgIpc) is 3.04. The van der Waals surface area contributed by atoms with Gasteiger partial charge in [-0.25, -0.2) is 9.78 Å². The van der Waals surface area contributed by atoms with Gasteiger partial charge in [0.2, 0.25) is 0 Å². The summed E-state index contributed by atoms with van der Waals surface area (Å²) in [6, 6.07) is 6.87. The van der Waals surface area contributed by atoms with Crippen molar-refractivity contribution < 1.29 is 14.3 Å². The second kappa shape index (κ2) is 7.70. The number of hydrogen-bond donors (Lipinski definition) is 1. The van der Waals surface area contributed by atoms with E-state index >= 15 is 0 Å². The van der Waals surface area contributed by atoms with Crippen molar-refractivity contribution in [3.63, 3.8) is 0 Å². The predicted molar refractivity (Wildman–Crippen MR) is 104 cm³/mol. The van der Waals surface area contributed by atoms with Crippen LogP contribution in [0.4, 0.5) is 0 Å². The third-order valence-electron chi connectivity index (χ3n) is 4.43. The van der Waals surface area contributed by atoms with Crippen LogP contribution in [0.3, 0.4) is 0 Å². The SMILES string of the molecule is O=C(COc1ccccc1Cl)OCc1nc2sc3c(c2c(=O)[nH]1)CCCC3. The number of benzene rings is 1. The number of H-pyrrole nitrogens is 1. The van der Waals surface area contributed by atoms with Gasteiger partial charge in [-0.2, -0.15) is 0 Å². The monoisotopic (exact) mass is 404 g/mol. The zero-order valence-corrected chi connectivity index (χ0v) is 16.0. The molecule has 3 aromatic rings. The molecule has 8 heteroatoms. The molecule has 140 valence electrons. The van der Waals surface area contributed by atoms with Gasteiger partial charge in [0.15, 0.2) is 6.61 Å². The molecule has 0 atom stereocenters. The van der Waals surface area contributed by atoms with Gasteiger partial charge in [0, 0.05) is 4.88 Å². The van der Waals surface area contributed by atoms with Gasteiger partial charge in [-0.1, -0.05) is 23.7 Å². The summed E-state index contributed by atoms with van der Waals surface area (Å²) in [7, 11) is 0. The first-order chi connectivity index (χ1) is 13.1. The maximum absolute atomic E-state index is 12.5. The van der Waals surface area contributed by atoms with E-state index in [2.05, 4.69) is 9.97 Å². The van der Waals surface area contributed by atoms with Crippen LogP contribution >= 0.6 is 22.9 Å². The van der Waals surface area contributed by atoms with Crippen molar-refractivity contribution in [2.75, 3.05) is 6.61 Å². The van der Waals surface area contributed by atoms with E-state index in [4.69, 9.17) is 21.1 Å². The molecular formula is C19H17ClN2O4S. The minimum atomic E-state index is -0.567. The Kier molecular flexibility index (Phi) is 5.13. The number of nitrogens with one attached hydrogen (secondary N) is 1. The quantitative estimate of drug-likeness (QED) is 0.656. The van der Waals surface area contributed by atoms with Gasteiger partial charge in [-0.05, 0) is 43.4 Å². The fraction of sp³-hybridized carbons (Fsp3) is 0.316. The summed E-state index contributed by atoms with van der Waals surface area (Å²) in [5.41, 5.74) is 0.962. The fourth-order valence-corrected chi connectivity index (χ4v) is 4.64. The van der Waals surface area contributed by atoms with Crippen molar-refractivity contribution in [3.05, 3.63) is 55.9 Å². The van der Waals surface area contributed by atoms with E-state index in [1.165, 1.54) is 4.88 Å². The molecule has 0 unspecified atom stereocenters. The fourth-order valence-electron chi connectivity index (χ4n) is 3.17. The highest BCUT2D eigenvalue weighted by molar-refractivity contribution is 7.18. The maximum atomic E-state index is 12.5. The first-order valence-electron chi connectivity index (χ1n) is 8.68. The van der Waals surface area contributed by atoms with E-state index in [0.29, 0.717) is 26.8 Å². The number of rotatable bonds is 5. The van der Waals surface area contributed by atoms with Crippen LogP contribution in [-0.4, -0.2) is 22.5 Å². The van der Waals surface area contributed by atoms with E-state index in [0.717, 1.165) is 31.2 Å². The number of halogens is 1. The number of thiophene rings is 1. The van der Waals surface area contributed by atoms with Crippen LogP contribution in [0.1, 0.15) is 29.1 Å². The normalized spacial score (nSPS) is 13.4. The minimum Gasteiger partial charge on any atom is -0.480 e. The van der Waals surface area contributed by atoms with E-state index in [1.54, 1.807) is 35.6 Å². The lowest BCUT2D eigenvalue weighted by molar-refractivity contribution is -0.147. The summed E-state index contributed by atoms with van der Waals surface area (Å²) >= 11 is 7.53. The number of nitrogens with zero attached hydrogens (tertiary/aromatic N) is 1. The Morgan fingerprint density at radius 1 is 1.26 bits per heavy atom. The molecule has 0 aliphatic heterocycles. The van der Waals surface area contributed by atoms with E-state index < -0.39 is 5.97 Å². The minimum absolute atomic E-state index is 0.113. The first-order valence-corrected chi connectivity index (χ1v) is 9.87. The Bertz CT molecular complexity index is 1060. The van der Waals surface area contributed by atoms with Gasteiger partial charge in [0.1, 0.15) is 23.0 Å². The average molecular weight is 405 g/mol. The van der Waals surface area contributed by atoms with Crippen LogP contribution in [0.15, 0.2) is 29.1 Å². The summed E-state index contributed by atoms with van der Waals surface area (Å²) in [5, 5.41) is 1.11. The zero-order chi connectivity index (χ0) is 18.8. The number of carbonyl (C=O) groups is 1. The molecule has 0 amide bonds. The Morgan fingerprint density at radius 3 is 2.93 bits per heavy atom. The van der Waals surface area contributed by atoms with Gasteiger partial charge in [-0.3, -0.25) is 4.79 Å². The number of esters is 1. The number of carbonyl (C=O) groups excluding carboxylic acids is 1. The molecule has 1 aliphatic carbocycles. The standard InChI is InChI=1S/C19H17ClN2O4S/c20-12-6-2-3-7-13(12)25-10-16(23)26-9-15-21-18(24)17-11-5-1-4-8-14(11)27-19(17)22-15/h2-3,6-7H,1,4-5,8-10H2,(H,21,22,24). The van der Waals surface area contributed by atoms with Gasteiger partial charge in [0.25, 0.3) is 5.56 Å². The molecule has 0 saturated heterocycles. The molecule has 2 aromatic heterocycles. The summed E-state index contributed by atoms with van der Waals surface area (Å²) < 4.78 is 10.5. The van der Waals surface area contributed by atoms with Crippen LogP contribution < -0.4 is 10.3 Å². The molecule has 2 heterocycles. The number of ether oxygens (including phenoxy) is 2. The Labute approximate surface area is 164 Å². The summed E-state index contributed by atoms with van der Waals surface area (Å²) in [6.45, 7) is -0.387. The highest BCUT2D eigenvalue weighted by Crippen LogP contribution is 2.33. The smallest absolute Gasteiger partial charge is 0.344 e. The first kappa shape index (κ1) is 18.0. The van der Waals surface area contributed by atoms with Crippen LogP contribution in [0.2, 0.25) is 5.02 Å². The van der Waals surface area contributed by atoms with E-state index in [-0.39, 0.29) is 18.8 Å². The molecule has 0 radical (unpaired) electrons. The lowest BCUT2D eigenvalue weighted by Gasteiger charge is -2.09. The van der Waals surface area contributed by atoms with Crippen molar-refractivity contribution in [1.29, 1.82) is 0 Å². The molecular weight excluding hydrogens is 388 g/mol. The number of aryl methyl sites for hydroxylation is 2. The van der Waals surface area contributed by atoms with Crippen LogP contribution in [0.25, 0.3) is 10.2 Å². The molecule has 4 rings (SSSR count). The highest BCUT2D eigenvalue weighted by atomic mass is 35.5. The number of fused-ring (bicyclic) bond motifs is 3. The summed E-state index contributed by atoms with van der Waals surface area (Å²) in [5.74, 6) is 0.175. The molecule has 27 heavy (non-hydrogen) atoms. The predicted octanol–water partition coefficient (Wildman–Crippen LogP) is 3.64. The van der Waals surface area contributed by atoms with Crippen molar-refractivity contribution in [3.8, 4) is 5.75 Å². The number of aromatic amines is 1. The van der Waals surface area contributed by atoms with Crippen molar-refractivity contribution in [2.45, 2.75) is 32.3 Å². The van der Waals surface area contributed by atoms with E-state index in [1.807, 2.05) is 0 Å². The van der Waals surface area contributed by atoms with Crippen LogP contribution in [0.5, 0.6) is 5.75 Å². The van der Waals surface area contributed by atoms with Crippen molar-refractivity contribution in [1.82, 2.24) is 9.97 Å². The Balaban J connectivity index is 1.42. The maximum Gasteiger partial charge on any atom is 0.344 e. The largest absolute Gasteiger partial charge is 0.480 e. The Hall–Kier alpha value is -2.38. The van der Waals surface area contributed by atoms with Gasteiger partial charge < -0.3 is 14.5 Å². The van der Waals surface area contributed by atoms with Gasteiger partial charge in [-0.15, -0.1) is 11.3 Å². The van der Waals surface area contributed by atoms with E-state index in [9.17, 15) is 9.59 Å². The molecule has 0 bridgehead atoms. The van der Waals surface area contributed by atoms with Crippen molar-refractivity contribution in [2.24, 2.45) is 0 Å². The molecule has 1 aromatic carbocycles. The second-order valence-corrected chi connectivity index (χ2v) is 7.77. The van der Waals surface area contributed by atoms with Crippen LogP contribution in [0, 0.1) is 0 Å². The number of hydrogen-bond acceptors (Lipinski definition) is 6. The molecule has 0 saturated carbocycles. The van der Waals surface area contributed by atoms with Crippen molar-refractivity contribution >= 4 is 39.1 Å². The molecule has 1 aliphatic rings. The number of aromatic nitrogens is 2. The van der Waals surface area contributed by atoms with Gasteiger partial charge >= 0.3 is 5.97 Å². The third kappa shape index (κ3) is 3.84. The topological polar surface area (TPSA) is 81.3 Å². The molecule has 0 fully saturated rings. The van der Waals surface area contributed by atoms with Crippen LogP contribution in [-0.2, 0) is 29.0 Å². The molecule has 0 spiro atoms. The molecule has 6 nitrogen and oxygen atoms in total. The highest BCUT2D eigenvalue weighted by Gasteiger charge is 2.20. The Morgan fingerprint density at radius 2 is 2.07 bits per heavy atom. The molecule has 1 N–H and O–H groups in total. The second-order valence-electron chi connectivity index (χ2n) is 6.28. The van der Waals surface area contributed by atoms with Gasteiger partial charge in [0.05, 0.1) is 10.4 Å². The summed E-state index contributed by atoms with van der Waals surface area (Å²) in [4.78, 5) is 33.5. The lowest BCUT2D eigenvalue weighted by atomic mass is 9.97. The zero-order valence-electron chi connectivity index (χ0n) is 14.4. The third-order valence-corrected chi connectivity index (χ3v) is 5.92. The summed E-state index contributed by atoms with van der Waals surface area (Å²) in [6.07, 6.45) is 4.17. The lowest BCUT2D eigenvalue weighted by Crippen LogP contribution is -2.18. The number of para-hydroxylation sites is 1.